The van der Waals surface area contributed by atoms with Crippen LogP contribution in [-0.4, -0.2) is 49.1 Å². The molecule has 0 unspecified atom stereocenters. The summed E-state index contributed by atoms with van der Waals surface area (Å²) in [6.45, 7) is 0.675. The van der Waals surface area contributed by atoms with Gasteiger partial charge in [0.15, 0.2) is 9.84 Å². The molecule has 0 saturated carbocycles. The Kier molecular flexibility index (Phi) is 5.76. The van der Waals surface area contributed by atoms with E-state index in [1.165, 1.54) is 4.90 Å². The Morgan fingerprint density at radius 2 is 1.91 bits per heavy atom. The molecular weight excluding hydrogens is 318 g/mol. The van der Waals surface area contributed by atoms with Gasteiger partial charge in [-0.25, -0.2) is 8.42 Å². The number of carboxylic acid groups (broad SMARTS) is 1. The molecule has 0 bridgehead atoms. The molecule has 7 heteroatoms. The molecule has 1 fully saturated rings. The van der Waals surface area contributed by atoms with Crippen molar-refractivity contribution in [3.63, 3.8) is 0 Å². The standard InChI is InChI=1S/C16H21NO5S/c18-15(17-9-4-7-14(11-17)16(19)20)8-10-23(21,22)12-13-5-2-1-3-6-13/h1-3,5-6,14H,4,7-12H2,(H,19,20)/t14-/m0/s1. The van der Waals surface area contributed by atoms with Gasteiger partial charge in [-0.2, -0.15) is 0 Å². The molecule has 2 rings (SSSR count). The Morgan fingerprint density at radius 3 is 2.57 bits per heavy atom. The number of amides is 1. The molecule has 0 aromatic heterocycles. The highest BCUT2D eigenvalue weighted by Gasteiger charge is 2.28. The molecule has 0 radical (unpaired) electrons. The summed E-state index contributed by atoms with van der Waals surface area (Å²) >= 11 is 0. The fourth-order valence-corrected chi connectivity index (χ4v) is 4.04. The number of benzene rings is 1. The number of carboxylic acids is 1. The first-order valence-electron chi connectivity index (χ1n) is 7.62. The number of rotatable bonds is 6. The SMILES string of the molecule is O=C(O)[C@H]1CCCN(C(=O)CCS(=O)(=O)Cc2ccccc2)C1. The number of sulfone groups is 1. The van der Waals surface area contributed by atoms with E-state index in [0.29, 0.717) is 24.9 Å². The van der Waals surface area contributed by atoms with Crippen LogP contribution < -0.4 is 0 Å². The quantitative estimate of drug-likeness (QED) is 0.844. The van der Waals surface area contributed by atoms with Crippen LogP contribution in [0.3, 0.4) is 0 Å². The first-order valence-corrected chi connectivity index (χ1v) is 9.44. The Bertz CT molecular complexity index is 656. The minimum Gasteiger partial charge on any atom is -0.481 e. The summed E-state index contributed by atoms with van der Waals surface area (Å²) in [6, 6.07) is 8.84. The van der Waals surface area contributed by atoms with E-state index in [4.69, 9.17) is 5.11 Å². The van der Waals surface area contributed by atoms with Crippen LogP contribution in [-0.2, 0) is 25.2 Å². The molecule has 1 atom stereocenters. The van der Waals surface area contributed by atoms with E-state index in [0.717, 1.165) is 0 Å². The van der Waals surface area contributed by atoms with Gasteiger partial charge in [-0.3, -0.25) is 9.59 Å². The molecule has 0 spiro atoms. The molecule has 1 amide bonds. The number of aliphatic carboxylic acids is 1. The summed E-state index contributed by atoms with van der Waals surface area (Å²) in [6.07, 6.45) is 1.10. The maximum absolute atomic E-state index is 12.1. The minimum absolute atomic E-state index is 0.0845. The van der Waals surface area contributed by atoms with Gasteiger partial charge in [0, 0.05) is 19.5 Å². The van der Waals surface area contributed by atoms with Gasteiger partial charge in [0.05, 0.1) is 17.4 Å². The van der Waals surface area contributed by atoms with E-state index in [1.807, 2.05) is 6.07 Å². The number of piperidine rings is 1. The molecular formula is C16H21NO5S. The zero-order valence-electron chi connectivity index (χ0n) is 12.8. The number of carbonyl (C=O) groups excluding carboxylic acids is 1. The third-order valence-corrected chi connectivity index (χ3v) is 5.58. The van der Waals surface area contributed by atoms with Gasteiger partial charge < -0.3 is 10.0 Å². The van der Waals surface area contributed by atoms with Crippen molar-refractivity contribution in [2.75, 3.05) is 18.8 Å². The number of hydrogen-bond acceptors (Lipinski definition) is 4. The second-order valence-corrected chi connectivity index (χ2v) is 8.03. The van der Waals surface area contributed by atoms with Crippen LogP contribution in [0.2, 0.25) is 0 Å². The van der Waals surface area contributed by atoms with Crippen molar-refractivity contribution < 1.29 is 23.1 Å². The van der Waals surface area contributed by atoms with Crippen molar-refractivity contribution in [3.8, 4) is 0 Å². The fourth-order valence-electron chi connectivity index (χ4n) is 2.71. The highest BCUT2D eigenvalue weighted by molar-refractivity contribution is 7.90. The van der Waals surface area contributed by atoms with E-state index in [-0.39, 0.29) is 30.4 Å². The smallest absolute Gasteiger partial charge is 0.308 e. The van der Waals surface area contributed by atoms with Crippen molar-refractivity contribution >= 4 is 21.7 Å². The van der Waals surface area contributed by atoms with Gasteiger partial charge in [-0.05, 0) is 18.4 Å². The molecule has 1 aliphatic rings. The van der Waals surface area contributed by atoms with Crippen molar-refractivity contribution in [2.45, 2.75) is 25.0 Å². The lowest BCUT2D eigenvalue weighted by Gasteiger charge is -2.30. The topological polar surface area (TPSA) is 91.8 Å². The maximum Gasteiger partial charge on any atom is 0.308 e. The number of likely N-dealkylation sites (tertiary alicyclic amines) is 1. The maximum atomic E-state index is 12.1. The summed E-state index contributed by atoms with van der Waals surface area (Å²) in [7, 11) is -3.36. The van der Waals surface area contributed by atoms with Gasteiger partial charge in [0.1, 0.15) is 0 Å². The average Bonchev–Trinajstić information content (AvgIpc) is 2.53. The number of nitrogens with zero attached hydrogens (tertiary/aromatic N) is 1. The zero-order chi connectivity index (χ0) is 16.9. The minimum atomic E-state index is -3.36. The van der Waals surface area contributed by atoms with Gasteiger partial charge in [0.25, 0.3) is 0 Å². The predicted octanol–water partition coefficient (Wildman–Crippen LogP) is 1.31. The fraction of sp³-hybridized carbons (Fsp3) is 0.500. The van der Waals surface area contributed by atoms with E-state index >= 15 is 0 Å². The second kappa shape index (κ2) is 7.59. The van der Waals surface area contributed by atoms with Crippen LogP contribution in [0.25, 0.3) is 0 Å². The number of hydrogen-bond donors (Lipinski definition) is 1. The van der Waals surface area contributed by atoms with Crippen LogP contribution in [0.4, 0.5) is 0 Å². The summed E-state index contributed by atoms with van der Waals surface area (Å²) < 4.78 is 24.2. The molecule has 1 aliphatic heterocycles. The second-order valence-electron chi connectivity index (χ2n) is 5.84. The van der Waals surface area contributed by atoms with Crippen LogP contribution in [0.1, 0.15) is 24.8 Å². The molecule has 6 nitrogen and oxygen atoms in total. The molecule has 1 saturated heterocycles. The lowest BCUT2D eigenvalue weighted by molar-refractivity contribution is -0.145. The van der Waals surface area contributed by atoms with Crippen molar-refractivity contribution in [3.05, 3.63) is 35.9 Å². The summed E-state index contributed by atoms with van der Waals surface area (Å²) in [5, 5.41) is 9.03. The lowest BCUT2D eigenvalue weighted by Crippen LogP contribution is -2.42. The van der Waals surface area contributed by atoms with Gasteiger partial charge >= 0.3 is 5.97 Å². The van der Waals surface area contributed by atoms with Crippen LogP contribution in [0.5, 0.6) is 0 Å². The van der Waals surface area contributed by atoms with E-state index in [1.54, 1.807) is 24.3 Å². The Morgan fingerprint density at radius 1 is 1.22 bits per heavy atom. The third kappa shape index (κ3) is 5.35. The molecule has 1 aromatic carbocycles. The molecule has 1 aromatic rings. The Hall–Kier alpha value is -1.89. The largest absolute Gasteiger partial charge is 0.481 e. The van der Waals surface area contributed by atoms with E-state index in [2.05, 4.69) is 0 Å². The predicted molar refractivity (Wildman–Crippen MR) is 85.5 cm³/mol. The summed E-state index contributed by atoms with van der Waals surface area (Å²) in [4.78, 5) is 24.6. The first kappa shape index (κ1) is 17.5. The summed E-state index contributed by atoms with van der Waals surface area (Å²) in [5.41, 5.74) is 0.698. The average molecular weight is 339 g/mol. The molecule has 23 heavy (non-hydrogen) atoms. The molecule has 126 valence electrons. The molecule has 0 aliphatic carbocycles. The number of carbonyl (C=O) groups is 2. The van der Waals surface area contributed by atoms with Crippen LogP contribution in [0.15, 0.2) is 30.3 Å². The Balaban J connectivity index is 1.87. The normalized spacial score (nSPS) is 18.6. The monoisotopic (exact) mass is 339 g/mol. The zero-order valence-corrected chi connectivity index (χ0v) is 13.7. The van der Waals surface area contributed by atoms with Crippen molar-refractivity contribution in [1.82, 2.24) is 4.90 Å². The van der Waals surface area contributed by atoms with E-state index in [9.17, 15) is 18.0 Å². The molecule has 1 N–H and O–H groups in total. The summed E-state index contributed by atoms with van der Waals surface area (Å²) in [5.74, 6) is -2.03. The van der Waals surface area contributed by atoms with Crippen LogP contribution in [0, 0.1) is 5.92 Å². The highest BCUT2D eigenvalue weighted by atomic mass is 32.2. The van der Waals surface area contributed by atoms with Gasteiger partial charge in [-0.1, -0.05) is 30.3 Å². The van der Waals surface area contributed by atoms with Crippen molar-refractivity contribution in [1.29, 1.82) is 0 Å². The molecule has 1 heterocycles. The van der Waals surface area contributed by atoms with Crippen LogP contribution >= 0.6 is 0 Å². The Labute approximate surface area is 136 Å². The third-order valence-electron chi connectivity index (χ3n) is 3.98. The van der Waals surface area contributed by atoms with Gasteiger partial charge in [-0.15, -0.1) is 0 Å². The highest BCUT2D eigenvalue weighted by Crippen LogP contribution is 2.18. The lowest BCUT2D eigenvalue weighted by atomic mass is 9.98. The first-order chi connectivity index (χ1) is 10.9. The van der Waals surface area contributed by atoms with Crippen molar-refractivity contribution in [2.24, 2.45) is 5.92 Å². The van der Waals surface area contributed by atoms with E-state index < -0.39 is 21.7 Å². The van der Waals surface area contributed by atoms with Gasteiger partial charge in [0.2, 0.25) is 5.91 Å².